The smallest absolute Gasteiger partial charge is 0.0771 e. The summed E-state index contributed by atoms with van der Waals surface area (Å²) in [6, 6.07) is 0.134. The highest BCUT2D eigenvalue weighted by atomic mass is 16.3. The fourth-order valence-corrected chi connectivity index (χ4v) is 2.37. The van der Waals surface area contributed by atoms with Gasteiger partial charge in [-0.05, 0) is 19.8 Å². The Morgan fingerprint density at radius 2 is 2.12 bits per heavy atom. The van der Waals surface area contributed by atoms with Gasteiger partial charge in [-0.2, -0.15) is 0 Å². The lowest BCUT2D eigenvalue weighted by molar-refractivity contribution is 0.00291. The lowest BCUT2D eigenvalue weighted by Crippen LogP contribution is -2.43. The highest BCUT2D eigenvalue weighted by molar-refractivity contribution is 5.01. The van der Waals surface area contributed by atoms with E-state index in [1.165, 1.54) is 6.42 Å². The fourth-order valence-electron chi connectivity index (χ4n) is 2.37. The molecule has 1 unspecified atom stereocenters. The van der Waals surface area contributed by atoms with Gasteiger partial charge >= 0.3 is 0 Å². The van der Waals surface area contributed by atoms with Crippen molar-refractivity contribution in [3.8, 4) is 0 Å². The van der Waals surface area contributed by atoms with Crippen LogP contribution in [0, 0.1) is 0 Å². The summed E-state index contributed by atoms with van der Waals surface area (Å²) in [6.45, 7) is 2.70. The van der Waals surface area contributed by atoms with Gasteiger partial charge in [0, 0.05) is 31.2 Å². The van der Waals surface area contributed by atoms with Gasteiger partial charge in [-0.15, -0.1) is 0 Å². The first-order chi connectivity index (χ1) is 8.20. The maximum absolute atomic E-state index is 10.4. The number of hydrogen-bond donors (Lipinski definition) is 2. The molecule has 0 aromatic carbocycles. The van der Waals surface area contributed by atoms with E-state index in [2.05, 4.69) is 22.2 Å². The van der Waals surface area contributed by atoms with E-state index in [-0.39, 0.29) is 6.04 Å². The molecule has 17 heavy (non-hydrogen) atoms. The van der Waals surface area contributed by atoms with Crippen LogP contribution >= 0.6 is 0 Å². The van der Waals surface area contributed by atoms with Crippen molar-refractivity contribution in [1.82, 2.24) is 15.3 Å². The second-order valence-corrected chi connectivity index (χ2v) is 5.02. The lowest BCUT2D eigenvalue weighted by Gasteiger charge is -2.33. The Hall–Kier alpha value is -1.00. The van der Waals surface area contributed by atoms with Crippen LogP contribution in [0.3, 0.4) is 0 Å². The molecular formula is C13H21N3O. The molecule has 0 amide bonds. The molecule has 1 fully saturated rings. The minimum atomic E-state index is -0.519. The van der Waals surface area contributed by atoms with Crippen molar-refractivity contribution in [2.75, 3.05) is 6.54 Å². The van der Waals surface area contributed by atoms with Crippen LogP contribution in [0.5, 0.6) is 0 Å². The van der Waals surface area contributed by atoms with Crippen LogP contribution in [-0.4, -0.2) is 27.2 Å². The summed E-state index contributed by atoms with van der Waals surface area (Å²) in [6.07, 6.45) is 10.5. The zero-order valence-corrected chi connectivity index (χ0v) is 10.4. The zero-order valence-electron chi connectivity index (χ0n) is 10.4. The number of rotatable bonds is 4. The van der Waals surface area contributed by atoms with Gasteiger partial charge < -0.3 is 10.4 Å². The SMILES string of the molecule is CC(NCC1(O)CCCCC1)c1cnccn1. The summed E-state index contributed by atoms with van der Waals surface area (Å²) in [5, 5.41) is 13.7. The fraction of sp³-hybridized carbons (Fsp3) is 0.692. The predicted octanol–water partition coefficient (Wildman–Crippen LogP) is 1.82. The molecule has 2 N–H and O–H groups in total. The van der Waals surface area contributed by atoms with Crippen molar-refractivity contribution in [2.45, 2.75) is 50.7 Å². The van der Waals surface area contributed by atoms with Crippen LogP contribution in [0.25, 0.3) is 0 Å². The first-order valence-corrected chi connectivity index (χ1v) is 6.41. The van der Waals surface area contributed by atoms with Crippen LogP contribution in [-0.2, 0) is 0 Å². The molecular weight excluding hydrogens is 214 g/mol. The summed E-state index contributed by atoms with van der Waals surface area (Å²) < 4.78 is 0. The molecule has 0 bridgehead atoms. The molecule has 0 radical (unpaired) electrons. The molecule has 1 heterocycles. The average molecular weight is 235 g/mol. The highest BCUT2D eigenvalue weighted by Crippen LogP contribution is 2.27. The molecule has 2 rings (SSSR count). The van der Waals surface area contributed by atoms with E-state index < -0.39 is 5.60 Å². The van der Waals surface area contributed by atoms with E-state index in [4.69, 9.17) is 0 Å². The Balaban J connectivity index is 1.85. The van der Waals surface area contributed by atoms with Crippen molar-refractivity contribution < 1.29 is 5.11 Å². The maximum atomic E-state index is 10.4. The van der Waals surface area contributed by atoms with Gasteiger partial charge in [-0.1, -0.05) is 19.3 Å². The van der Waals surface area contributed by atoms with E-state index in [9.17, 15) is 5.11 Å². The van der Waals surface area contributed by atoms with E-state index in [1.54, 1.807) is 18.6 Å². The monoisotopic (exact) mass is 235 g/mol. The summed E-state index contributed by atoms with van der Waals surface area (Å²) in [5.41, 5.74) is 0.404. The molecule has 0 aliphatic heterocycles. The van der Waals surface area contributed by atoms with Crippen LogP contribution in [0.2, 0.25) is 0 Å². The summed E-state index contributed by atoms with van der Waals surface area (Å²) >= 11 is 0. The molecule has 1 aliphatic carbocycles. The van der Waals surface area contributed by atoms with Gasteiger partial charge in [0.2, 0.25) is 0 Å². The van der Waals surface area contributed by atoms with Crippen molar-refractivity contribution in [3.63, 3.8) is 0 Å². The van der Waals surface area contributed by atoms with Gasteiger partial charge in [0.15, 0.2) is 0 Å². The minimum absolute atomic E-state index is 0.134. The van der Waals surface area contributed by atoms with E-state index in [0.717, 1.165) is 31.4 Å². The third kappa shape index (κ3) is 3.48. The zero-order chi connectivity index (χ0) is 12.1. The van der Waals surface area contributed by atoms with Crippen molar-refractivity contribution in [2.24, 2.45) is 0 Å². The Labute approximate surface area is 102 Å². The van der Waals surface area contributed by atoms with E-state index in [1.807, 2.05) is 0 Å². The number of hydrogen-bond acceptors (Lipinski definition) is 4. The second-order valence-electron chi connectivity index (χ2n) is 5.02. The number of nitrogens with one attached hydrogen (secondary N) is 1. The first kappa shape index (κ1) is 12.5. The van der Waals surface area contributed by atoms with Gasteiger partial charge in [-0.3, -0.25) is 9.97 Å². The third-order valence-electron chi connectivity index (χ3n) is 3.55. The third-order valence-corrected chi connectivity index (χ3v) is 3.55. The van der Waals surface area contributed by atoms with Crippen LogP contribution in [0.4, 0.5) is 0 Å². The molecule has 1 aliphatic rings. The molecule has 1 aromatic heterocycles. The minimum Gasteiger partial charge on any atom is -0.389 e. The predicted molar refractivity (Wildman–Crippen MR) is 66.5 cm³/mol. The largest absolute Gasteiger partial charge is 0.389 e. The summed E-state index contributed by atoms with van der Waals surface area (Å²) in [4.78, 5) is 8.31. The topological polar surface area (TPSA) is 58.0 Å². The Bertz CT molecular complexity index is 336. The summed E-state index contributed by atoms with van der Waals surface area (Å²) in [5.74, 6) is 0. The second kappa shape index (κ2) is 5.56. The molecule has 1 saturated carbocycles. The molecule has 4 nitrogen and oxygen atoms in total. The molecule has 0 saturated heterocycles. The van der Waals surface area contributed by atoms with Crippen molar-refractivity contribution >= 4 is 0 Å². The first-order valence-electron chi connectivity index (χ1n) is 6.41. The van der Waals surface area contributed by atoms with Gasteiger partial charge in [-0.25, -0.2) is 0 Å². The average Bonchev–Trinajstić information content (AvgIpc) is 2.38. The number of aliphatic hydroxyl groups is 1. The van der Waals surface area contributed by atoms with Gasteiger partial charge in [0.1, 0.15) is 0 Å². The van der Waals surface area contributed by atoms with Crippen LogP contribution < -0.4 is 5.32 Å². The van der Waals surface area contributed by atoms with E-state index >= 15 is 0 Å². The Morgan fingerprint density at radius 3 is 2.76 bits per heavy atom. The lowest BCUT2D eigenvalue weighted by atomic mass is 9.85. The van der Waals surface area contributed by atoms with Gasteiger partial charge in [0.05, 0.1) is 11.3 Å². The number of aromatic nitrogens is 2. The van der Waals surface area contributed by atoms with Gasteiger partial charge in [0.25, 0.3) is 0 Å². The molecule has 1 aromatic rings. The Morgan fingerprint density at radius 1 is 1.35 bits per heavy atom. The van der Waals surface area contributed by atoms with Crippen molar-refractivity contribution in [3.05, 3.63) is 24.3 Å². The quantitative estimate of drug-likeness (QED) is 0.836. The highest BCUT2D eigenvalue weighted by Gasteiger charge is 2.29. The molecule has 0 spiro atoms. The molecule has 1 atom stereocenters. The summed E-state index contributed by atoms with van der Waals surface area (Å²) in [7, 11) is 0. The number of nitrogens with zero attached hydrogens (tertiary/aromatic N) is 2. The van der Waals surface area contributed by atoms with E-state index in [0.29, 0.717) is 6.54 Å². The molecule has 94 valence electrons. The van der Waals surface area contributed by atoms with Crippen LogP contribution in [0.15, 0.2) is 18.6 Å². The standard InChI is InChI=1S/C13H21N3O/c1-11(12-9-14-7-8-15-12)16-10-13(17)5-3-2-4-6-13/h7-9,11,16-17H,2-6,10H2,1H3. The van der Waals surface area contributed by atoms with Crippen LogP contribution in [0.1, 0.15) is 50.8 Å². The Kier molecular flexibility index (Phi) is 4.07. The van der Waals surface area contributed by atoms with Crippen molar-refractivity contribution in [1.29, 1.82) is 0 Å². The normalized spacial score (nSPS) is 21.1. The molecule has 4 heteroatoms. The maximum Gasteiger partial charge on any atom is 0.0771 e.